The lowest BCUT2D eigenvalue weighted by atomic mass is 9.98. The molecule has 2 aromatic carbocycles. The minimum absolute atomic E-state index is 0.0238. The van der Waals surface area contributed by atoms with Crippen LogP contribution in [0.15, 0.2) is 65.6 Å². The molecule has 1 saturated heterocycles. The molecular formula is C26H25NO4S. The highest BCUT2D eigenvalue weighted by atomic mass is 32.1. The number of aliphatic hydroxyl groups excluding tert-OH is 1. The number of anilines is 1. The number of benzene rings is 2. The molecule has 0 spiro atoms. The molecule has 0 bridgehead atoms. The Bertz CT molecular complexity index is 1210. The van der Waals surface area contributed by atoms with E-state index in [9.17, 15) is 14.7 Å². The molecular weight excluding hydrogens is 422 g/mol. The van der Waals surface area contributed by atoms with E-state index in [1.165, 1.54) is 16.2 Å². The number of ketones is 1. The molecule has 1 aliphatic heterocycles. The molecule has 6 heteroatoms. The lowest BCUT2D eigenvalue weighted by molar-refractivity contribution is -0.132. The number of amides is 1. The highest BCUT2D eigenvalue weighted by Gasteiger charge is 2.48. The number of hydrogen-bond donors (Lipinski definition) is 1. The number of para-hydroxylation sites is 1. The summed E-state index contributed by atoms with van der Waals surface area (Å²) in [6.45, 7) is 7.72. The Morgan fingerprint density at radius 1 is 1.00 bits per heavy atom. The van der Waals surface area contributed by atoms with Gasteiger partial charge in [0.15, 0.2) is 0 Å². The van der Waals surface area contributed by atoms with Gasteiger partial charge in [-0.1, -0.05) is 18.2 Å². The van der Waals surface area contributed by atoms with E-state index in [4.69, 9.17) is 4.74 Å². The molecule has 5 nitrogen and oxygen atoms in total. The lowest BCUT2D eigenvalue weighted by Gasteiger charge is -2.26. The van der Waals surface area contributed by atoms with Crippen LogP contribution in [0.25, 0.3) is 5.76 Å². The van der Waals surface area contributed by atoms with Crippen molar-refractivity contribution in [2.45, 2.75) is 39.8 Å². The fraction of sp³-hybridized carbons (Fsp3) is 0.231. The Balaban J connectivity index is 1.88. The van der Waals surface area contributed by atoms with Gasteiger partial charge in [-0.3, -0.25) is 14.5 Å². The van der Waals surface area contributed by atoms with Gasteiger partial charge in [0.05, 0.1) is 11.7 Å². The Morgan fingerprint density at radius 2 is 1.69 bits per heavy atom. The van der Waals surface area contributed by atoms with Gasteiger partial charge in [0.1, 0.15) is 17.6 Å². The van der Waals surface area contributed by atoms with Gasteiger partial charge in [0.2, 0.25) is 0 Å². The van der Waals surface area contributed by atoms with E-state index in [0.717, 1.165) is 16.0 Å². The summed E-state index contributed by atoms with van der Waals surface area (Å²) in [7, 11) is 0. The monoisotopic (exact) mass is 447 g/mol. The van der Waals surface area contributed by atoms with Crippen LogP contribution in [0, 0.1) is 13.8 Å². The number of hydrogen-bond acceptors (Lipinski definition) is 5. The lowest BCUT2D eigenvalue weighted by Crippen LogP contribution is -2.30. The second-order valence-corrected chi connectivity index (χ2v) is 9.06. The summed E-state index contributed by atoms with van der Waals surface area (Å²) in [5.41, 5.74) is 3.06. The molecule has 32 heavy (non-hydrogen) atoms. The first kappa shape index (κ1) is 21.8. The summed E-state index contributed by atoms with van der Waals surface area (Å²) in [6, 6.07) is 15.6. The fourth-order valence-electron chi connectivity index (χ4n) is 3.95. The Hall–Kier alpha value is -3.38. The molecule has 0 aliphatic carbocycles. The fourth-order valence-corrected chi connectivity index (χ4v) is 4.97. The topological polar surface area (TPSA) is 66.8 Å². The van der Waals surface area contributed by atoms with E-state index in [0.29, 0.717) is 17.0 Å². The number of Topliss-reactive ketones (excluding diaryl/α,β-unsaturated/α-hetero) is 1. The zero-order valence-corrected chi connectivity index (χ0v) is 19.3. The van der Waals surface area contributed by atoms with Crippen LogP contribution in [0.3, 0.4) is 0 Å². The summed E-state index contributed by atoms with van der Waals surface area (Å²) >= 11 is 1.47. The number of thiophene rings is 1. The minimum atomic E-state index is -0.692. The molecule has 1 aromatic heterocycles. The van der Waals surface area contributed by atoms with Crippen molar-refractivity contribution in [1.82, 2.24) is 0 Å². The molecule has 0 saturated carbocycles. The number of carbonyl (C=O) groups excluding carboxylic acids is 2. The number of aryl methyl sites for hydroxylation is 2. The molecule has 1 atom stereocenters. The number of rotatable bonds is 5. The van der Waals surface area contributed by atoms with Gasteiger partial charge in [-0.2, -0.15) is 0 Å². The zero-order valence-electron chi connectivity index (χ0n) is 18.5. The van der Waals surface area contributed by atoms with Crippen molar-refractivity contribution in [2.75, 3.05) is 4.90 Å². The van der Waals surface area contributed by atoms with Gasteiger partial charge < -0.3 is 9.84 Å². The first-order valence-corrected chi connectivity index (χ1v) is 11.3. The van der Waals surface area contributed by atoms with Gasteiger partial charge in [-0.25, -0.2) is 0 Å². The van der Waals surface area contributed by atoms with Crippen molar-refractivity contribution in [1.29, 1.82) is 0 Å². The number of aliphatic hydroxyl groups is 1. The zero-order chi connectivity index (χ0) is 23.0. The Morgan fingerprint density at radius 3 is 2.28 bits per heavy atom. The third kappa shape index (κ3) is 3.82. The number of nitrogens with zero attached hydrogens (tertiary/aromatic N) is 1. The summed E-state index contributed by atoms with van der Waals surface area (Å²) in [5, 5.41) is 13.2. The summed E-state index contributed by atoms with van der Waals surface area (Å²) in [6.07, 6.45) is 0.0238. The van der Waals surface area contributed by atoms with E-state index in [1.807, 2.05) is 63.4 Å². The Kier molecular flexibility index (Phi) is 5.89. The molecule has 1 unspecified atom stereocenters. The maximum absolute atomic E-state index is 13.2. The predicted molar refractivity (Wildman–Crippen MR) is 127 cm³/mol. The SMILES string of the molecule is Cc1ccccc1N1C(=O)C(=O)/C(=C(\O)c2ccc(OC(C)C)cc2)C1c1sccc1C. The van der Waals surface area contributed by atoms with E-state index in [1.54, 1.807) is 24.3 Å². The second-order valence-electron chi connectivity index (χ2n) is 8.11. The van der Waals surface area contributed by atoms with E-state index in [2.05, 4.69) is 0 Å². The molecule has 0 radical (unpaired) electrons. The molecule has 3 aromatic rings. The first-order chi connectivity index (χ1) is 15.3. The van der Waals surface area contributed by atoms with Crippen molar-refractivity contribution in [3.8, 4) is 5.75 Å². The van der Waals surface area contributed by atoms with Crippen LogP contribution < -0.4 is 9.64 Å². The normalized spacial score (nSPS) is 17.9. The third-order valence-corrected chi connectivity index (χ3v) is 6.54. The van der Waals surface area contributed by atoms with Gasteiger partial charge in [0, 0.05) is 16.1 Å². The molecule has 1 amide bonds. The number of carbonyl (C=O) groups is 2. The predicted octanol–water partition coefficient (Wildman–Crippen LogP) is 5.78. The van der Waals surface area contributed by atoms with Crippen molar-refractivity contribution in [3.63, 3.8) is 0 Å². The van der Waals surface area contributed by atoms with E-state index in [-0.39, 0.29) is 17.4 Å². The average molecular weight is 448 g/mol. The molecule has 1 aliphatic rings. The minimum Gasteiger partial charge on any atom is -0.507 e. The standard InChI is InChI=1S/C26H25NO4S/c1-15(2)31-19-11-9-18(10-12-19)23(28)21-22(25-17(4)13-14-32-25)27(26(30)24(21)29)20-8-6-5-7-16(20)3/h5-15,22,28H,1-4H3/b23-21-. The largest absolute Gasteiger partial charge is 0.507 e. The molecule has 1 N–H and O–H groups in total. The van der Waals surface area contributed by atoms with Crippen LogP contribution in [0.1, 0.15) is 41.5 Å². The van der Waals surface area contributed by atoms with E-state index < -0.39 is 17.7 Å². The Labute approximate surface area is 191 Å². The maximum atomic E-state index is 13.2. The molecule has 164 valence electrons. The van der Waals surface area contributed by atoms with Crippen molar-refractivity contribution in [2.24, 2.45) is 0 Å². The van der Waals surface area contributed by atoms with Crippen LogP contribution in [-0.4, -0.2) is 22.9 Å². The van der Waals surface area contributed by atoms with Crippen molar-refractivity contribution < 1.29 is 19.4 Å². The van der Waals surface area contributed by atoms with Crippen molar-refractivity contribution in [3.05, 3.63) is 87.1 Å². The highest BCUT2D eigenvalue weighted by molar-refractivity contribution is 7.10. The van der Waals surface area contributed by atoms with Crippen LogP contribution in [0.5, 0.6) is 5.75 Å². The molecule has 2 heterocycles. The quantitative estimate of drug-likeness (QED) is 0.306. The average Bonchev–Trinajstić information content (AvgIpc) is 3.29. The second kappa shape index (κ2) is 8.63. The van der Waals surface area contributed by atoms with E-state index >= 15 is 0 Å². The van der Waals surface area contributed by atoms with Crippen LogP contribution in [0.4, 0.5) is 5.69 Å². The smallest absolute Gasteiger partial charge is 0.300 e. The van der Waals surface area contributed by atoms with Gasteiger partial charge in [-0.05, 0) is 80.6 Å². The summed E-state index contributed by atoms with van der Waals surface area (Å²) in [5.74, 6) is -0.847. The molecule has 4 rings (SSSR count). The first-order valence-electron chi connectivity index (χ1n) is 10.5. The van der Waals surface area contributed by atoms with Gasteiger partial charge >= 0.3 is 0 Å². The third-order valence-electron chi connectivity index (χ3n) is 5.47. The van der Waals surface area contributed by atoms with Gasteiger partial charge in [0.25, 0.3) is 11.7 Å². The summed E-state index contributed by atoms with van der Waals surface area (Å²) in [4.78, 5) is 28.8. The maximum Gasteiger partial charge on any atom is 0.300 e. The van der Waals surface area contributed by atoms with Crippen LogP contribution in [0.2, 0.25) is 0 Å². The van der Waals surface area contributed by atoms with Gasteiger partial charge in [-0.15, -0.1) is 11.3 Å². The van der Waals surface area contributed by atoms with Crippen LogP contribution >= 0.6 is 11.3 Å². The van der Waals surface area contributed by atoms with Crippen LogP contribution in [-0.2, 0) is 9.59 Å². The highest BCUT2D eigenvalue weighted by Crippen LogP contribution is 2.45. The molecule has 1 fully saturated rings. The number of ether oxygens (including phenoxy) is 1. The van der Waals surface area contributed by atoms with Crippen molar-refractivity contribution >= 4 is 34.5 Å². The summed E-state index contributed by atoms with van der Waals surface area (Å²) < 4.78 is 5.67.